The molecule has 0 atom stereocenters. The topological polar surface area (TPSA) is 69.6 Å². The van der Waals surface area contributed by atoms with Crippen molar-refractivity contribution in [3.8, 4) is 0 Å². The number of benzene rings is 1. The summed E-state index contributed by atoms with van der Waals surface area (Å²) in [4.78, 5) is 11.6. The van der Waals surface area contributed by atoms with Gasteiger partial charge in [0.05, 0.1) is 12.2 Å². The van der Waals surface area contributed by atoms with Crippen molar-refractivity contribution in [2.24, 2.45) is 0 Å². The minimum Gasteiger partial charge on any atom is -0.395 e. The second-order valence-electron chi connectivity index (χ2n) is 4.12. The molecule has 1 amide bonds. The Kier molecular flexibility index (Phi) is 4.04. The van der Waals surface area contributed by atoms with Crippen LogP contribution < -0.4 is 5.32 Å². The first-order chi connectivity index (χ1) is 7.45. The molecule has 1 aromatic rings. The summed E-state index contributed by atoms with van der Waals surface area (Å²) in [6.07, 6.45) is 0. The van der Waals surface area contributed by atoms with Gasteiger partial charge in [-0.05, 0) is 31.5 Å². The molecule has 0 spiro atoms. The summed E-state index contributed by atoms with van der Waals surface area (Å²) in [6, 6.07) is 6.80. The van der Waals surface area contributed by atoms with Crippen LogP contribution in [0.25, 0.3) is 0 Å². The van der Waals surface area contributed by atoms with Crippen molar-refractivity contribution in [1.29, 1.82) is 0 Å². The quantitative estimate of drug-likeness (QED) is 0.701. The van der Waals surface area contributed by atoms with Crippen molar-refractivity contribution < 1.29 is 15.0 Å². The number of hydrogen-bond acceptors (Lipinski definition) is 3. The largest absolute Gasteiger partial charge is 0.395 e. The summed E-state index contributed by atoms with van der Waals surface area (Å²) in [5.41, 5.74) is 0.199. The third-order valence-corrected chi connectivity index (χ3v) is 2.23. The van der Waals surface area contributed by atoms with Gasteiger partial charge in [0.1, 0.15) is 0 Å². The highest BCUT2D eigenvalue weighted by atomic mass is 16.3. The summed E-state index contributed by atoms with van der Waals surface area (Å²) < 4.78 is 0. The van der Waals surface area contributed by atoms with Crippen molar-refractivity contribution in [1.82, 2.24) is 5.32 Å². The molecule has 0 aliphatic rings. The van der Waals surface area contributed by atoms with Gasteiger partial charge in [-0.15, -0.1) is 0 Å². The van der Waals surface area contributed by atoms with E-state index in [9.17, 15) is 9.90 Å². The zero-order chi connectivity index (χ0) is 12.2. The summed E-state index contributed by atoms with van der Waals surface area (Å²) >= 11 is 0. The molecule has 1 rings (SSSR count). The van der Waals surface area contributed by atoms with Gasteiger partial charge in [0.25, 0.3) is 5.91 Å². The molecule has 0 bridgehead atoms. The molecule has 0 aromatic heterocycles. The molecule has 88 valence electrons. The van der Waals surface area contributed by atoms with Gasteiger partial charge in [-0.25, -0.2) is 0 Å². The molecule has 4 heteroatoms. The number of aliphatic hydroxyl groups excluding tert-OH is 1. The lowest BCUT2D eigenvalue weighted by Crippen LogP contribution is -2.27. The molecule has 0 radical (unpaired) electrons. The maximum Gasteiger partial charge on any atom is 0.251 e. The molecule has 0 aliphatic carbocycles. The average molecular weight is 223 g/mol. The predicted molar refractivity (Wildman–Crippen MR) is 61.1 cm³/mol. The number of aliphatic hydroxyl groups is 2. The van der Waals surface area contributed by atoms with Gasteiger partial charge in [0, 0.05) is 12.1 Å². The fourth-order valence-electron chi connectivity index (χ4n) is 1.31. The maximum absolute atomic E-state index is 11.6. The van der Waals surface area contributed by atoms with Gasteiger partial charge in [-0.3, -0.25) is 4.79 Å². The van der Waals surface area contributed by atoms with Crippen molar-refractivity contribution >= 4 is 5.91 Å². The monoisotopic (exact) mass is 223 g/mol. The smallest absolute Gasteiger partial charge is 0.251 e. The maximum atomic E-state index is 11.6. The molecule has 16 heavy (non-hydrogen) atoms. The van der Waals surface area contributed by atoms with E-state index in [-0.39, 0.29) is 19.1 Å². The average Bonchev–Trinajstić information content (AvgIpc) is 2.25. The third kappa shape index (κ3) is 3.32. The first-order valence-corrected chi connectivity index (χ1v) is 5.17. The zero-order valence-corrected chi connectivity index (χ0v) is 9.53. The normalized spacial score (nSPS) is 11.2. The second-order valence-corrected chi connectivity index (χ2v) is 4.12. The Morgan fingerprint density at radius 2 is 2.12 bits per heavy atom. The highest BCUT2D eigenvalue weighted by Gasteiger charge is 2.17. The standard InChI is InChI=1S/C12H17NO3/c1-12(2,16)10-5-3-4-9(8-10)11(15)13-6-7-14/h3-5,8,14,16H,6-7H2,1-2H3,(H,13,15). The number of nitrogens with one attached hydrogen (secondary N) is 1. The molecule has 0 saturated heterocycles. The summed E-state index contributed by atoms with van der Waals surface area (Å²) in [5, 5.41) is 20.9. The van der Waals surface area contributed by atoms with E-state index in [1.807, 2.05) is 0 Å². The summed E-state index contributed by atoms with van der Waals surface area (Å²) in [6.45, 7) is 3.47. The first kappa shape index (κ1) is 12.7. The molecule has 0 aliphatic heterocycles. The van der Waals surface area contributed by atoms with Crippen LogP contribution in [0.15, 0.2) is 24.3 Å². The minimum absolute atomic E-state index is 0.0864. The third-order valence-electron chi connectivity index (χ3n) is 2.23. The fraction of sp³-hybridized carbons (Fsp3) is 0.417. The van der Waals surface area contributed by atoms with Crippen molar-refractivity contribution in [3.05, 3.63) is 35.4 Å². The zero-order valence-electron chi connectivity index (χ0n) is 9.53. The Labute approximate surface area is 94.9 Å². The fourth-order valence-corrected chi connectivity index (χ4v) is 1.31. The number of carbonyl (C=O) groups is 1. The van der Waals surface area contributed by atoms with Crippen LogP contribution in [0.3, 0.4) is 0 Å². The molecule has 0 unspecified atom stereocenters. The van der Waals surface area contributed by atoms with Gasteiger partial charge < -0.3 is 15.5 Å². The number of amides is 1. The van der Waals surface area contributed by atoms with Crippen LogP contribution in [0, 0.1) is 0 Å². The molecule has 1 aromatic carbocycles. The number of rotatable bonds is 4. The molecule has 3 N–H and O–H groups in total. The Balaban J connectivity index is 2.86. The van der Waals surface area contributed by atoms with Crippen LogP contribution in [-0.4, -0.2) is 29.3 Å². The van der Waals surface area contributed by atoms with E-state index < -0.39 is 5.60 Å². The van der Waals surface area contributed by atoms with Crippen LogP contribution in [0.2, 0.25) is 0 Å². The second kappa shape index (κ2) is 5.09. The van der Waals surface area contributed by atoms with E-state index in [0.29, 0.717) is 11.1 Å². The van der Waals surface area contributed by atoms with E-state index in [2.05, 4.69) is 5.32 Å². The van der Waals surface area contributed by atoms with Crippen LogP contribution in [0.1, 0.15) is 29.8 Å². The number of carbonyl (C=O) groups excluding carboxylic acids is 1. The minimum atomic E-state index is -0.965. The Morgan fingerprint density at radius 3 is 2.69 bits per heavy atom. The lowest BCUT2D eigenvalue weighted by Gasteiger charge is -2.18. The molecular formula is C12H17NO3. The van der Waals surface area contributed by atoms with E-state index in [1.165, 1.54) is 0 Å². The van der Waals surface area contributed by atoms with Gasteiger partial charge in [-0.1, -0.05) is 12.1 Å². The highest BCUT2D eigenvalue weighted by Crippen LogP contribution is 2.20. The molecule has 0 fully saturated rings. The first-order valence-electron chi connectivity index (χ1n) is 5.17. The lowest BCUT2D eigenvalue weighted by atomic mass is 9.96. The summed E-state index contributed by atoms with van der Waals surface area (Å²) in [7, 11) is 0. The van der Waals surface area contributed by atoms with Crippen LogP contribution >= 0.6 is 0 Å². The highest BCUT2D eigenvalue weighted by molar-refractivity contribution is 5.94. The van der Waals surface area contributed by atoms with Gasteiger partial charge >= 0.3 is 0 Å². The van der Waals surface area contributed by atoms with E-state index in [1.54, 1.807) is 38.1 Å². The Hall–Kier alpha value is -1.39. The van der Waals surface area contributed by atoms with Crippen molar-refractivity contribution in [3.63, 3.8) is 0 Å². The van der Waals surface area contributed by atoms with Gasteiger partial charge in [0.15, 0.2) is 0 Å². The SMILES string of the molecule is CC(C)(O)c1cccc(C(=O)NCCO)c1. The van der Waals surface area contributed by atoms with E-state index in [4.69, 9.17) is 5.11 Å². The van der Waals surface area contributed by atoms with E-state index >= 15 is 0 Å². The Morgan fingerprint density at radius 1 is 1.44 bits per heavy atom. The van der Waals surface area contributed by atoms with Crippen LogP contribution in [-0.2, 0) is 5.60 Å². The molecule has 0 saturated carbocycles. The number of hydrogen-bond donors (Lipinski definition) is 3. The van der Waals surface area contributed by atoms with Crippen LogP contribution in [0.4, 0.5) is 0 Å². The van der Waals surface area contributed by atoms with Gasteiger partial charge in [0.2, 0.25) is 0 Å². The molecular weight excluding hydrogens is 206 g/mol. The van der Waals surface area contributed by atoms with Crippen molar-refractivity contribution in [2.45, 2.75) is 19.4 Å². The predicted octanol–water partition coefficient (Wildman–Crippen LogP) is 0.636. The van der Waals surface area contributed by atoms with Crippen molar-refractivity contribution in [2.75, 3.05) is 13.2 Å². The van der Waals surface area contributed by atoms with Gasteiger partial charge in [-0.2, -0.15) is 0 Å². The van der Waals surface area contributed by atoms with Crippen LogP contribution in [0.5, 0.6) is 0 Å². The molecule has 0 heterocycles. The lowest BCUT2D eigenvalue weighted by molar-refractivity contribution is 0.0784. The Bertz CT molecular complexity index is 369. The molecule has 4 nitrogen and oxygen atoms in total. The summed E-state index contributed by atoms with van der Waals surface area (Å²) in [5.74, 6) is -0.250. The van der Waals surface area contributed by atoms with E-state index in [0.717, 1.165) is 0 Å².